The number of amides is 2. The minimum Gasteiger partial charge on any atom is -0.353 e. The van der Waals surface area contributed by atoms with Crippen molar-refractivity contribution in [3.8, 4) is 0 Å². The monoisotopic (exact) mass is 308 g/mol. The number of unbranched alkanes of at least 4 members (excludes halogenated alkanes) is 2. The van der Waals surface area contributed by atoms with Gasteiger partial charge in [0.15, 0.2) is 0 Å². The van der Waals surface area contributed by atoms with Gasteiger partial charge in [-0.2, -0.15) is 0 Å². The first-order valence-electron chi connectivity index (χ1n) is 8.88. The Balaban J connectivity index is 1.60. The first kappa shape index (κ1) is 17.3. The summed E-state index contributed by atoms with van der Waals surface area (Å²) in [4.78, 5) is 25.9. The summed E-state index contributed by atoms with van der Waals surface area (Å²) in [6.45, 7) is 11.6. The van der Waals surface area contributed by atoms with Crippen molar-refractivity contribution in [3.63, 3.8) is 0 Å². The highest BCUT2D eigenvalue weighted by atomic mass is 16.2. The van der Waals surface area contributed by atoms with E-state index in [1.807, 2.05) is 0 Å². The molecule has 0 radical (unpaired) electrons. The fraction of sp³-hybridized carbons (Fsp3) is 0.889. The van der Waals surface area contributed by atoms with E-state index in [9.17, 15) is 9.59 Å². The number of carbonyl (C=O) groups is 2. The number of rotatable bonds is 8. The van der Waals surface area contributed by atoms with Crippen LogP contribution in [0.3, 0.4) is 0 Å². The lowest BCUT2D eigenvalue weighted by atomic mass is 10.1. The highest BCUT2D eigenvalue weighted by Gasteiger charge is 2.67. The standard InChI is InChI=1S/C18H32N2O2/c1-12(2)14(4)19-16(21)9-7-6-8-10-20-17(22)11-15-13(3)18(15,20)5/h12-15H,6-11H2,1-5H3,(H,19,21). The molecular weight excluding hydrogens is 276 g/mol. The predicted molar refractivity (Wildman–Crippen MR) is 88.3 cm³/mol. The lowest BCUT2D eigenvalue weighted by molar-refractivity contribution is -0.131. The molecule has 2 fully saturated rings. The Morgan fingerprint density at radius 1 is 1.32 bits per heavy atom. The number of hydrogen-bond donors (Lipinski definition) is 1. The van der Waals surface area contributed by atoms with Gasteiger partial charge in [-0.3, -0.25) is 9.59 Å². The van der Waals surface area contributed by atoms with E-state index in [-0.39, 0.29) is 17.5 Å². The van der Waals surface area contributed by atoms with Gasteiger partial charge >= 0.3 is 0 Å². The van der Waals surface area contributed by atoms with E-state index in [0.29, 0.717) is 30.1 Å². The second-order valence-electron chi connectivity index (χ2n) is 7.78. The van der Waals surface area contributed by atoms with Crippen LogP contribution in [0.4, 0.5) is 0 Å². The summed E-state index contributed by atoms with van der Waals surface area (Å²) in [5.74, 6) is 2.20. The second-order valence-corrected chi connectivity index (χ2v) is 7.78. The maximum atomic E-state index is 12.0. The largest absolute Gasteiger partial charge is 0.353 e. The zero-order chi connectivity index (χ0) is 16.5. The number of nitrogens with one attached hydrogen (secondary N) is 1. The molecule has 1 aliphatic heterocycles. The third-order valence-corrected chi connectivity index (χ3v) is 6.12. The van der Waals surface area contributed by atoms with E-state index in [1.54, 1.807) is 0 Å². The third kappa shape index (κ3) is 3.31. The van der Waals surface area contributed by atoms with Gasteiger partial charge in [0.1, 0.15) is 0 Å². The van der Waals surface area contributed by atoms with Gasteiger partial charge in [-0.1, -0.05) is 27.2 Å². The van der Waals surface area contributed by atoms with Crippen LogP contribution >= 0.6 is 0 Å². The van der Waals surface area contributed by atoms with Gasteiger partial charge in [0.25, 0.3) is 0 Å². The number of nitrogens with zero attached hydrogens (tertiary/aromatic N) is 1. The van der Waals surface area contributed by atoms with Gasteiger partial charge in [0.2, 0.25) is 11.8 Å². The number of piperidine rings is 1. The molecule has 4 nitrogen and oxygen atoms in total. The van der Waals surface area contributed by atoms with Crippen LogP contribution in [0.25, 0.3) is 0 Å². The molecule has 1 heterocycles. The van der Waals surface area contributed by atoms with Crippen LogP contribution in [0.2, 0.25) is 0 Å². The Morgan fingerprint density at radius 2 is 2.00 bits per heavy atom. The van der Waals surface area contributed by atoms with Crippen molar-refractivity contribution in [2.24, 2.45) is 17.8 Å². The van der Waals surface area contributed by atoms with Crippen molar-refractivity contribution in [1.82, 2.24) is 10.2 Å². The van der Waals surface area contributed by atoms with E-state index in [4.69, 9.17) is 0 Å². The molecule has 4 unspecified atom stereocenters. The summed E-state index contributed by atoms with van der Waals surface area (Å²) in [6, 6.07) is 0.239. The first-order chi connectivity index (χ1) is 10.3. The van der Waals surface area contributed by atoms with Crippen molar-refractivity contribution < 1.29 is 9.59 Å². The van der Waals surface area contributed by atoms with Crippen LogP contribution in [0, 0.1) is 17.8 Å². The Morgan fingerprint density at radius 3 is 2.59 bits per heavy atom. The molecule has 2 aliphatic rings. The fourth-order valence-corrected chi connectivity index (χ4v) is 3.80. The molecule has 1 N–H and O–H groups in total. The predicted octanol–water partition coefficient (Wildman–Crippen LogP) is 2.96. The molecule has 0 aromatic heterocycles. The maximum Gasteiger partial charge on any atom is 0.223 e. The second kappa shape index (κ2) is 6.59. The van der Waals surface area contributed by atoms with Crippen molar-refractivity contribution in [1.29, 1.82) is 0 Å². The Bertz CT molecular complexity index is 435. The van der Waals surface area contributed by atoms with Crippen LogP contribution < -0.4 is 5.32 Å². The van der Waals surface area contributed by atoms with Crippen LogP contribution in [0.1, 0.15) is 66.7 Å². The van der Waals surface area contributed by atoms with Crippen molar-refractivity contribution in [3.05, 3.63) is 0 Å². The quantitative estimate of drug-likeness (QED) is 0.701. The molecule has 0 aromatic rings. The van der Waals surface area contributed by atoms with Gasteiger partial charge < -0.3 is 10.2 Å². The molecule has 126 valence electrons. The Hall–Kier alpha value is -1.06. The SMILES string of the molecule is CC(C)C(C)NC(=O)CCCCCN1C(=O)CC2C(C)C21C. The highest BCUT2D eigenvalue weighted by Crippen LogP contribution is 2.60. The average Bonchev–Trinajstić information content (AvgIpc) is 2.83. The number of hydrogen-bond acceptors (Lipinski definition) is 2. The van der Waals surface area contributed by atoms with E-state index in [0.717, 1.165) is 32.2 Å². The van der Waals surface area contributed by atoms with Crippen LogP contribution in [0.15, 0.2) is 0 Å². The zero-order valence-electron chi connectivity index (χ0n) is 14.8. The highest BCUT2D eigenvalue weighted by molar-refractivity contribution is 5.82. The molecule has 0 aromatic carbocycles. The lowest BCUT2D eigenvalue weighted by Gasteiger charge is -2.27. The van der Waals surface area contributed by atoms with Gasteiger partial charge in [0, 0.05) is 31.0 Å². The first-order valence-corrected chi connectivity index (χ1v) is 8.88. The molecule has 1 aliphatic carbocycles. The van der Waals surface area contributed by atoms with Gasteiger partial charge in [-0.05, 0) is 44.4 Å². The van der Waals surface area contributed by atoms with E-state index in [1.165, 1.54) is 0 Å². The maximum absolute atomic E-state index is 12.0. The minimum atomic E-state index is 0.140. The van der Waals surface area contributed by atoms with Gasteiger partial charge in [-0.15, -0.1) is 0 Å². The molecule has 1 saturated carbocycles. The topological polar surface area (TPSA) is 49.4 Å². The van der Waals surface area contributed by atoms with E-state index >= 15 is 0 Å². The average molecular weight is 308 g/mol. The molecule has 1 saturated heterocycles. The summed E-state index contributed by atoms with van der Waals surface area (Å²) in [6.07, 6.45) is 4.28. The Labute approximate surface area is 135 Å². The molecule has 4 heteroatoms. The molecule has 0 bridgehead atoms. The number of fused-ring (bicyclic) bond motifs is 1. The third-order valence-electron chi connectivity index (χ3n) is 6.12. The lowest BCUT2D eigenvalue weighted by Crippen LogP contribution is -2.38. The summed E-state index contributed by atoms with van der Waals surface area (Å²) in [5, 5.41) is 3.04. The summed E-state index contributed by atoms with van der Waals surface area (Å²) in [7, 11) is 0. The Kier molecular flexibility index (Phi) is 5.18. The molecule has 22 heavy (non-hydrogen) atoms. The molecular formula is C18H32N2O2. The van der Waals surface area contributed by atoms with Crippen LogP contribution in [-0.2, 0) is 9.59 Å². The minimum absolute atomic E-state index is 0.140. The number of carbonyl (C=O) groups excluding carboxylic acids is 2. The van der Waals surface area contributed by atoms with Crippen molar-refractivity contribution in [2.75, 3.05) is 6.54 Å². The van der Waals surface area contributed by atoms with Crippen molar-refractivity contribution >= 4 is 11.8 Å². The van der Waals surface area contributed by atoms with E-state index < -0.39 is 0 Å². The van der Waals surface area contributed by atoms with Crippen LogP contribution in [-0.4, -0.2) is 34.8 Å². The summed E-state index contributed by atoms with van der Waals surface area (Å²) >= 11 is 0. The van der Waals surface area contributed by atoms with Crippen molar-refractivity contribution in [2.45, 2.75) is 78.3 Å². The molecule has 4 atom stereocenters. The zero-order valence-corrected chi connectivity index (χ0v) is 14.8. The van der Waals surface area contributed by atoms with Gasteiger partial charge in [0.05, 0.1) is 0 Å². The number of likely N-dealkylation sites (tertiary alicyclic amines) is 1. The van der Waals surface area contributed by atoms with E-state index in [2.05, 4.69) is 44.8 Å². The normalized spacial score (nSPS) is 31.4. The van der Waals surface area contributed by atoms with Crippen LogP contribution in [0.5, 0.6) is 0 Å². The smallest absolute Gasteiger partial charge is 0.223 e. The molecule has 0 spiro atoms. The molecule has 2 amide bonds. The fourth-order valence-electron chi connectivity index (χ4n) is 3.80. The summed E-state index contributed by atoms with van der Waals surface area (Å²) in [5.41, 5.74) is 0.140. The van der Waals surface area contributed by atoms with Gasteiger partial charge in [-0.25, -0.2) is 0 Å². The molecule has 2 rings (SSSR count). The summed E-state index contributed by atoms with van der Waals surface area (Å²) < 4.78 is 0.